The van der Waals surface area contributed by atoms with Crippen molar-refractivity contribution in [2.45, 2.75) is 82.0 Å². The number of ketones is 1. The molecule has 0 radical (unpaired) electrons. The molecule has 1 aliphatic heterocycles. The number of aliphatic hydroxyl groups is 1. The highest BCUT2D eigenvalue weighted by atomic mass is 16.5. The van der Waals surface area contributed by atoms with E-state index in [9.17, 15) is 24.3 Å². The Morgan fingerprint density at radius 3 is 2.70 bits per heavy atom. The number of aromatic amines is 1. The Kier molecular flexibility index (Phi) is 7.29. The normalized spacial score (nSPS) is 27.4. The number of ether oxygens (including phenoxy) is 1. The molecular formula is C30H38N4O6. The molecule has 4 N–H and O–H groups in total. The molecule has 1 unspecified atom stereocenters. The van der Waals surface area contributed by atoms with Gasteiger partial charge in [0.1, 0.15) is 23.3 Å². The Morgan fingerprint density at radius 1 is 1.15 bits per heavy atom. The van der Waals surface area contributed by atoms with Crippen LogP contribution < -0.4 is 15.4 Å². The zero-order valence-electron chi connectivity index (χ0n) is 22.9. The summed E-state index contributed by atoms with van der Waals surface area (Å²) in [5.41, 5.74) is 1.16. The molecule has 2 heterocycles. The molecule has 40 heavy (non-hydrogen) atoms. The van der Waals surface area contributed by atoms with Crippen LogP contribution in [0.15, 0.2) is 24.3 Å². The van der Waals surface area contributed by atoms with Crippen LogP contribution in [0.4, 0.5) is 0 Å². The number of rotatable bonds is 9. The van der Waals surface area contributed by atoms with Gasteiger partial charge in [-0.1, -0.05) is 12.5 Å². The van der Waals surface area contributed by atoms with Gasteiger partial charge in [-0.25, -0.2) is 0 Å². The first-order valence-electron chi connectivity index (χ1n) is 14.6. The third-order valence-electron chi connectivity index (χ3n) is 9.37. The number of carbonyl (C=O) groups excluding carboxylic acids is 4. The van der Waals surface area contributed by atoms with Gasteiger partial charge in [-0.15, -0.1) is 0 Å². The SMILES string of the molecule is COc1cccc2[nH]c(C(=O)N3C[C@@H]4CCC[C@@H]4[C@H]3C(=O)N[C@@H](C[C@@H]3CCCC3=O)C(O)C(=O)NC3CC3)cc12. The minimum absolute atomic E-state index is 0.00839. The number of aromatic nitrogens is 1. The van der Waals surface area contributed by atoms with Gasteiger partial charge in [-0.2, -0.15) is 0 Å². The lowest BCUT2D eigenvalue weighted by Crippen LogP contribution is -2.57. The van der Waals surface area contributed by atoms with Crippen molar-refractivity contribution in [3.8, 4) is 5.75 Å². The maximum Gasteiger partial charge on any atom is 0.271 e. The van der Waals surface area contributed by atoms with Crippen LogP contribution in [0.1, 0.15) is 68.3 Å². The number of H-pyrrole nitrogens is 1. The first-order chi connectivity index (χ1) is 19.3. The third kappa shape index (κ3) is 5.09. The Balaban J connectivity index is 1.25. The van der Waals surface area contributed by atoms with Crippen molar-refractivity contribution < 1.29 is 29.0 Å². The van der Waals surface area contributed by atoms with Gasteiger partial charge < -0.3 is 30.4 Å². The molecule has 6 rings (SSSR count). The van der Waals surface area contributed by atoms with Crippen LogP contribution in [-0.2, 0) is 14.4 Å². The van der Waals surface area contributed by atoms with Gasteiger partial charge in [-0.05, 0) is 75.0 Å². The van der Waals surface area contributed by atoms with Crippen LogP contribution in [0.5, 0.6) is 5.75 Å². The smallest absolute Gasteiger partial charge is 0.271 e. The summed E-state index contributed by atoms with van der Waals surface area (Å²) in [7, 11) is 1.58. The average Bonchev–Trinajstić information content (AvgIpc) is 3.30. The second-order valence-electron chi connectivity index (χ2n) is 12.0. The average molecular weight is 551 g/mol. The monoisotopic (exact) mass is 550 g/mol. The highest BCUT2D eigenvalue weighted by Gasteiger charge is 2.50. The van der Waals surface area contributed by atoms with Gasteiger partial charge in [0.15, 0.2) is 6.10 Å². The fraction of sp³-hybridized carbons (Fsp3) is 0.600. The molecule has 4 aliphatic rings. The van der Waals surface area contributed by atoms with E-state index < -0.39 is 24.1 Å². The van der Waals surface area contributed by atoms with Gasteiger partial charge in [-0.3, -0.25) is 19.2 Å². The van der Waals surface area contributed by atoms with Crippen LogP contribution >= 0.6 is 0 Å². The summed E-state index contributed by atoms with van der Waals surface area (Å²) >= 11 is 0. The summed E-state index contributed by atoms with van der Waals surface area (Å²) < 4.78 is 5.45. The van der Waals surface area contributed by atoms with Crippen molar-refractivity contribution in [3.05, 3.63) is 30.0 Å². The summed E-state index contributed by atoms with van der Waals surface area (Å²) in [6.45, 7) is 0.477. The minimum Gasteiger partial charge on any atom is -0.496 e. The number of benzene rings is 1. The molecule has 1 saturated heterocycles. The largest absolute Gasteiger partial charge is 0.496 e. The summed E-state index contributed by atoms with van der Waals surface area (Å²) in [6.07, 6.45) is 5.22. The molecule has 0 bridgehead atoms. The maximum atomic E-state index is 14.0. The summed E-state index contributed by atoms with van der Waals surface area (Å²) in [5, 5.41) is 17.6. The third-order valence-corrected chi connectivity index (χ3v) is 9.37. The number of aliphatic hydroxyl groups excluding tert-OH is 1. The number of methoxy groups -OCH3 is 1. The molecule has 1 aromatic heterocycles. The number of likely N-dealkylation sites (tertiary alicyclic amines) is 1. The van der Waals surface area contributed by atoms with E-state index in [1.165, 1.54) is 0 Å². The van der Waals surface area contributed by atoms with Crippen molar-refractivity contribution in [1.29, 1.82) is 0 Å². The number of fused-ring (bicyclic) bond motifs is 2. The minimum atomic E-state index is -1.47. The quantitative estimate of drug-likeness (QED) is 0.378. The number of nitrogens with one attached hydrogen (secondary N) is 3. The number of carbonyl (C=O) groups is 4. The van der Waals surface area contributed by atoms with E-state index in [2.05, 4.69) is 15.6 Å². The lowest BCUT2D eigenvalue weighted by atomic mass is 9.91. The number of Topliss-reactive ketones (excluding diaryl/α,β-unsaturated/α-hetero) is 1. The van der Waals surface area contributed by atoms with E-state index in [0.717, 1.165) is 49.4 Å². The lowest BCUT2D eigenvalue weighted by Gasteiger charge is -2.31. The Morgan fingerprint density at radius 2 is 1.98 bits per heavy atom. The fourth-order valence-corrected chi connectivity index (χ4v) is 7.10. The second kappa shape index (κ2) is 10.9. The lowest BCUT2D eigenvalue weighted by molar-refractivity contribution is -0.135. The van der Waals surface area contributed by atoms with Crippen molar-refractivity contribution in [1.82, 2.24) is 20.5 Å². The zero-order valence-corrected chi connectivity index (χ0v) is 22.9. The molecule has 6 atom stereocenters. The van der Waals surface area contributed by atoms with Crippen molar-refractivity contribution in [3.63, 3.8) is 0 Å². The number of hydrogen-bond acceptors (Lipinski definition) is 6. The fourth-order valence-electron chi connectivity index (χ4n) is 7.10. The van der Waals surface area contributed by atoms with E-state index in [4.69, 9.17) is 4.74 Å². The molecular weight excluding hydrogens is 512 g/mol. The number of amides is 3. The van der Waals surface area contributed by atoms with Gasteiger partial charge in [0, 0.05) is 35.8 Å². The van der Waals surface area contributed by atoms with Gasteiger partial charge >= 0.3 is 0 Å². The molecule has 4 fully saturated rings. The van der Waals surface area contributed by atoms with E-state index in [1.807, 2.05) is 18.2 Å². The molecule has 3 aliphatic carbocycles. The maximum absolute atomic E-state index is 14.0. The number of hydrogen-bond donors (Lipinski definition) is 4. The molecule has 3 saturated carbocycles. The molecule has 214 valence electrons. The zero-order chi connectivity index (χ0) is 28.0. The van der Waals surface area contributed by atoms with Gasteiger partial charge in [0.2, 0.25) is 5.91 Å². The van der Waals surface area contributed by atoms with Crippen LogP contribution in [0.3, 0.4) is 0 Å². The van der Waals surface area contributed by atoms with Crippen molar-refractivity contribution >= 4 is 34.4 Å². The van der Waals surface area contributed by atoms with E-state index in [0.29, 0.717) is 30.8 Å². The Labute approximate surface area is 233 Å². The van der Waals surface area contributed by atoms with Crippen LogP contribution in [0, 0.1) is 17.8 Å². The van der Waals surface area contributed by atoms with Crippen LogP contribution in [0.2, 0.25) is 0 Å². The molecule has 2 aromatic rings. The molecule has 1 aromatic carbocycles. The van der Waals surface area contributed by atoms with Crippen molar-refractivity contribution in [2.75, 3.05) is 13.7 Å². The Hall–Kier alpha value is -3.40. The van der Waals surface area contributed by atoms with E-state index >= 15 is 0 Å². The molecule has 10 heteroatoms. The molecule has 3 amide bonds. The first kappa shape index (κ1) is 26.8. The van der Waals surface area contributed by atoms with Gasteiger partial charge in [0.05, 0.1) is 13.2 Å². The van der Waals surface area contributed by atoms with Crippen molar-refractivity contribution in [2.24, 2.45) is 17.8 Å². The summed E-state index contributed by atoms with van der Waals surface area (Å²) in [4.78, 5) is 57.9. The Bertz CT molecular complexity index is 1320. The first-order valence-corrected chi connectivity index (χ1v) is 14.6. The number of nitrogens with zero attached hydrogens (tertiary/aromatic N) is 1. The topological polar surface area (TPSA) is 141 Å². The predicted octanol–water partition coefficient (Wildman–Crippen LogP) is 2.30. The molecule has 10 nitrogen and oxygen atoms in total. The van der Waals surface area contributed by atoms with Crippen LogP contribution in [0.25, 0.3) is 10.9 Å². The second-order valence-corrected chi connectivity index (χ2v) is 12.0. The van der Waals surface area contributed by atoms with E-state index in [-0.39, 0.29) is 47.8 Å². The van der Waals surface area contributed by atoms with Gasteiger partial charge in [0.25, 0.3) is 11.8 Å². The van der Waals surface area contributed by atoms with Crippen LogP contribution in [-0.4, -0.2) is 76.4 Å². The summed E-state index contributed by atoms with van der Waals surface area (Å²) in [6, 6.07) is 5.76. The highest BCUT2D eigenvalue weighted by Crippen LogP contribution is 2.43. The highest BCUT2D eigenvalue weighted by molar-refractivity contribution is 6.02. The van der Waals surface area contributed by atoms with E-state index in [1.54, 1.807) is 18.1 Å². The predicted molar refractivity (Wildman–Crippen MR) is 147 cm³/mol. The summed E-state index contributed by atoms with van der Waals surface area (Å²) in [5.74, 6) is -0.461. The standard InChI is InChI=1S/C30H38N4O6/c1-40-25-10-4-8-21-20(25)14-23(32-21)30(39)34-15-17-6-2-7-19(17)26(34)28(37)33-22(13-16-5-3-9-24(16)35)27(36)29(38)31-18-11-12-18/h4,8,10,14,16-19,22,26-27,32,36H,2-3,5-7,9,11-13,15H2,1H3,(H,31,38)(H,33,37)/t16-,17-,19-,22-,26-,27?/m0/s1. The molecule has 0 spiro atoms.